The maximum Gasteiger partial charge on any atom is 0.407 e. The number of amides is 3. The lowest BCUT2D eigenvalue weighted by Crippen LogP contribution is -2.46. The molecule has 3 amide bonds. The molecule has 0 aromatic carbocycles. The quantitative estimate of drug-likeness (QED) is 0.532. The number of carbonyl (C=O) groups excluding carboxylic acids is 3. The maximum atomic E-state index is 11.1. The van der Waals surface area contributed by atoms with Gasteiger partial charge in [-0.1, -0.05) is 0 Å². The third-order valence-electron chi connectivity index (χ3n) is 1.47. The highest BCUT2D eigenvalue weighted by Crippen LogP contribution is 1.79. The van der Waals surface area contributed by atoms with Crippen LogP contribution in [0, 0.1) is 0 Å². The summed E-state index contributed by atoms with van der Waals surface area (Å²) in [4.78, 5) is 32.4. The van der Waals surface area contributed by atoms with Crippen LogP contribution in [0.25, 0.3) is 0 Å². The van der Waals surface area contributed by atoms with Gasteiger partial charge >= 0.3 is 6.09 Å². The molecule has 1 atom stereocenters. The van der Waals surface area contributed by atoms with E-state index in [2.05, 4.69) is 15.4 Å². The first kappa shape index (κ1) is 13.2. The number of alkyl carbamates (subject to hydrolysis) is 1. The molecule has 0 rings (SSSR count). The average molecular weight is 217 g/mol. The van der Waals surface area contributed by atoms with Crippen molar-refractivity contribution in [1.82, 2.24) is 10.6 Å². The second kappa shape index (κ2) is 6.63. The van der Waals surface area contributed by atoms with Crippen LogP contribution in [-0.4, -0.2) is 37.1 Å². The number of nitrogens with two attached hydrogens (primary N) is 1. The molecule has 0 aliphatic heterocycles. The first-order valence-corrected chi connectivity index (χ1v) is 4.46. The van der Waals surface area contributed by atoms with Gasteiger partial charge in [0.25, 0.3) is 0 Å². The highest BCUT2D eigenvalue weighted by Gasteiger charge is 2.12. The highest BCUT2D eigenvalue weighted by atomic mass is 16.5. The van der Waals surface area contributed by atoms with Crippen molar-refractivity contribution in [2.45, 2.75) is 19.9 Å². The maximum absolute atomic E-state index is 11.1. The van der Waals surface area contributed by atoms with Gasteiger partial charge in [0.2, 0.25) is 11.8 Å². The van der Waals surface area contributed by atoms with Gasteiger partial charge in [-0.2, -0.15) is 0 Å². The molecule has 0 heterocycles. The monoisotopic (exact) mass is 217 g/mol. The third-order valence-corrected chi connectivity index (χ3v) is 1.47. The van der Waals surface area contributed by atoms with Gasteiger partial charge in [0.05, 0.1) is 6.61 Å². The molecule has 7 nitrogen and oxygen atoms in total. The van der Waals surface area contributed by atoms with Crippen LogP contribution in [0.5, 0.6) is 0 Å². The Morgan fingerprint density at radius 1 is 1.40 bits per heavy atom. The zero-order valence-electron chi connectivity index (χ0n) is 8.70. The number of primary amides is 1. The van der Waals surface area contributed by atoms with E-state index in [0.29, 0.717) is 0 Å². The van der Waals surface area contributed by atoms with Gasteiger partial charge in [0.1, 0.15) is 12.6 Å². The minimum Gasteiger partial charge on any atom is -0.450 e. The van der Waals surface area contributed by atoms with Crippen molar-refractivity contribution in [1.29, 1.82) is 0 Å². The van der Waals surface area contributed by atoms with E-state index in [1.165, 1.54) is 6.92 Å². The molecule has 0 saturated heterocycles. The van der Waals surface area contributed by atoms with Crippen molar-refractivity contribution in [2.24, 2.45) is 5.73 Å². The SMILES string of the molecule is CCOC(=O)NCC(=O)N[C@H](C)C(N)=O. The van der Waals surface area contributed by atoms with Gasteiger partial charge in [-0.25, -0.2) is 4.79 Å². The summed E-state index contributed by atoms with van der Waals surface area (Å²) in [6.07, 6.45) is -0.681. The highest BCUT2D eigenvalue weighted by molar-refractivity contribution is 5.88. The Balaban J connectivity index is 3.75. The van der Waals surface area contributed by atoms with E-state index < -0.39 is 23.9 Å². The van der Waals surface area contributed by atoms with Crippen LogP contribution in [0.4, 0.5) is 4.79 Å². The normalized spacial score (nSPS) is 11.3. The Morgan fingerprint density at radius 2 is 2.00 bits per heavy atom. The fourth-order valence-electron chi connectivity index (χ4n) is 0.698. The molecule has 4 N–H and O–H groups in total. The summed E-state index contributed by atoms with van der Waals surface area (Å²) < 4.78 is 4.52. The van der Waals surface area contributed by atoms with Crippen LogP contribution in [-0.2, 0) is 14.3 Å². The standard InChI is InChI=1S/C8H15N3O4/c1-3-15-8(14)10-4-6(12)11-5(2)7(9)13/h5H,3-4H2,1-2H3,(H2,9,13)(H,10,14)(H,11,12)/t5-/m1/s1. The average Bonchev–Trinajstić information content (AvgIpc) is 2.15. The number of rotatable bonds is 5. The Morgan fingerprint density at radius 3 is 2.47 bits per heavy atom. The molecule has 0 fully saturated rings. The summed E-state index contributed by atoms with van der Waals surface area (Å²) in [6.45, 7) is 3.07. The number of hydrogen-bond donors (Lipinski definition) is 3. The van der Waals surface area contributed by atoms with Crippen molar-refractivity contribution in [3.8, 4) is 0 Å². The molecule has 0 bridgehead atoms. The van der Waals surface area contributed by atoms with E-state index in [4.69, 9.17) is 5.73 Å². The molecule has 0 aliphatic carbocycles. The summed E-state index contributed by atoms with van der Waals surface area (Å²) in [5, 5.41) is 4.50. The Labute approximate surface area is 87.3 Å². The lowest BCUT2D eigenvalue weighted by Gasteiger charge is -2.10. The van der Waals surface area contributed by atoms with Crippen LogP contribution >= 0.6 is 0 Å². The summed E-state index contributed by atoms with van der Waals surface area (Å²) in [5.41, 5.74) is 4.92. The molecular formula is C8H15N3O4. The zero-order valence-corrected chi connectivity index (χ0v) is 8.70. The zero-order chi connectivity index (χ0) is 11.8. The fourth-order valence-corrected chi connectivity index (χ4v) is 0.698. The molecule has 0 unspecified atom stereocenters. The van der Waals surface area contributed by atoms with E-state index in [-0.39, 0.29) is 13.2 Å². The molecule has 0 radical (unpaired) electrons. The van der Waals surface area contributed by atoms with Gasteiger partial charge in [-0.3, -0.25) is 9.59 Å². The predicted molar refractivity (Wildman–Crippen MR) is 51.8 cm³/mol. The minimum atomic E-state index is -0.763. The molecule has 0 aliphatic rings. The number of hydrogen-bond acceptors (Lipinski definition) is 4. The molecule has 0 saturated carbocycles. The summed E-state index contributed by atoms with van der Waals surface area (Å²) in [5.74, 6) is -1.14. The second-order valence-corrected chi connectivity index (χ2v) is 2.77. The Bertz CT molecular complexity index is 254. The second-order valence-electron chi connectivity index (χ2n) is 2.77. The van der Waals surface area contributed by atoms with Crippen LogP contribution in [0.1, 0.15) is 13.8 Å². The van der Waals surface area contributed by atoms with Gasteiger partial charge in [-0.15, -0.1) is 0 Å². The summed E-state index contributed by atoms with van der Waals surface area (Å²) >= 11 is 0. The largest absolute Gasteiger partial charge is 0.450 e. The van der Waals surface area contributed by atoms with Crippen LogP contribution in [0.2, 0.25) is 0 Å². The topological polar surface area (TPSA) is 111 Å². The summed E-state index contributed by atoms with van der Waals surface area (Å²) in [6, 6.07) is -0.763. The molecule has 86 valence electrons. The van der Waals surface area contributed by atoms with Crippen LogP contribution in [0.3, 0.4) is 0 Å². The van der Waals surface area contributed by atoms with Gasteiger partial charge in [0.15, 0.2) is 0 Å². The van der Waals surface area contributed by atoms with E-state index in [1.807, 2.05) is 0 Å². The van der Waals surface area contributed by atoms with Gasteiger partial charge < -0.3 is 21.1 Å². The molecule has 15 heavy (non-hydrogen) atoms. The third kappa shape index (κ3) is 6.30. The number of nitrogens with one attached hydrogen (secondary N) is 2. The van der Waals surface area contributed by atoms with E-state index in [9.17, 15) is 14.4 Å². The molecule has 0 aromatic heterocycles. The van der Waals surface area contributed by atoms with E-state index >= 15 is 0 Å². The Hall–Kier alpha value is -1.79. The Kier molecular flexibility index (Phi) is 5.84. The van der Waals surface area contributed by atoms with Crippen molar-refractivity contribution in [3.63, 3.8) is 0 Å². The van der Waals surface area contributed by atoms with E-state index in [0.717, 1.165) is 0 Å². The van der Waals surface area contributed by atoms with Crippen molar-refractivity contribution in [3.05, 3.63) is 0 Å². The smallest absolute Gasteiger partial charge is 0.407 e. The minimum absolute atomic E-state index is 0.227. The van der Waals surface area contributed by atoms with Gasteiger partial charge in [0, 0.05) is 0 Å². The lowest BCUT2D eigenvalue weighted by atomic mass is 10.3. The van der Waals surface area contributed by atoms with Crippen LogP contribution < -0.4 is 16.4 Å². The number of ether oxygens (including phenoxy) is 1. The predicted octanol–water partition coefficient (Wildman–Crippen LogP) is -1.28. The molecular weight excluding hydrogens is 202 g/mol. The van der Waals surface area contributed by atoms with E-state index in [1.54, 1.807) is 6.92 Å². The first-order chi connectivity index (χ1) is 6.97. The first-order valence-electron chi connectivity index (χ1n) is 4.46. The molecule has 7 heteroatoms. The molecule has 0 aromatic rings. The van der Waals surface area contributed by atoms with Crippen molar-refractivity contribution < 1.29 is 19.1 Å². The molecule has 0 spiro atoms. The van der Waals surface area contributed by atoms with Gasteiger partial charge in [-0.05, 0) is 13.8 Å². The van der Waals surface area contributed by atoms with Crippen molar-refractivity contribution >= 4 is 17.9 Å². The van der Waals surface area contributed by atoms with Crippen molar-refractivity contribution in [2.75, 3.05) is 13.2 Å². The summed E-state index contributed by atoms with van der Waals surface area (Å²) in [7, 11) is 0. The van der Waals surface area contributed by atoms with Crippen LogP contribution in [0.15, 0.2) is 0 Å². The lowest BCUT2D eigenvalue weighted by molar-refractivity contribution is -0.126. The fraction of sp³-hybridized carbons (Fsp3) is 0.625. The number of carbonyl (C=O) groups is 3.